The highest BCUT2D eigenvalue weighted by Gasteiger charge is 2.38. The summed E-state index contributed by atoms with van der Waals surface area (Å²) in [6.07, 6.45) is 1.39. The first-order valence-corrected chi connectivity index (χ1v) is 6.86. The van der Waals surface area contributed by atoms with Crippen LogP contribution in [0.4, 0.5) is 10.5 Å². The summed E-state index contributed by atoms with van der Waals surface area (Å²) in [6.45, 7) is 0. The minimum Gasteiger partial charge on any atom is -0.269 e. The second-order valence-electron chi connectivity index (χ2n) is 3.69. The molecule has 1 aromatic carbocycles. The number of nitrogens with zero attached hydrogens (tertiary/aromatic N) is 5. The van der Waals surface area contributed by atoms with Gasteiger partial charge < -0.3 is 0 Å². The number of hydrogen-bond donors (Lipinski definition) is 1. The average molecular weight is 367 g/mol. The van der Waals surface area contributed by atoms with E-state index in [1.54, 1.807) is 12.1 Å². The van der Waals surface area contributed by atoms with Gasteiger partial charge in [-0.1, -0.05) is 47.4 Å². The summed E-state index contributed by atoms with van der Waals surface area (Å²) in [6, 6.07) is 6.11. The first-order valence-electron chi connectivity index (χ1n) is 5.28. The van der Waals surface area contributed by atoms with E-state index in [-0.39, 0.29) is 5.69 Å². The van der Waals surface area contributed by atoms with E-state index in [9.17, 15) is 9.59 Å². The number of benzene rings is 1. The average Bonchev–Trinajstić information content (AvgIpc) is 2.92. The lowest BCUT2D eigenvalue weighted by molar-refractivity contribution is -0.116. The predicted octanol–water partition coefficient (Wildman–Crippen LogP) is 2.42. The van der Waals surface area contributed by atoms with Crippen LogP contribution in [0.2, 0.25) is 0 Å². The van der Waals surface area contributed by atoms with Crippen LogP contribution < -0.4 is 4.90 Å². The van der Waals surface area contributed by atoms with Crippen LogP contribution in [0.3, 0.4) is 0 Å². The van der Waals surface area contributed by atoms with E-state index in [4.69, 9.17) is 34.8 Å². The Kier molecular flexibility index (Phi) is 4.72. The molecule has 0 saturated heterocycles. The number of carbonyl (C=O) groups excluding carboxylic acids is 2. The van der Waals surface area contributed by atoms with Crippen LogP contribution in [0.5, 0.6) is 0 Å². The van der Waals surface area contributed by atoms with Gasteiger partial charge in [-0.05, 0) is 34.7 Å². The number of rotatable bonds is 2. The molecule has 0 unspecified atom stereocenters. The van der Waals surface area contributed by atoms with Gasteiger partial charge in [0.15, 0.2) is 0 Å². The first kappa shape index (κ1) is 16.0. The quantitative estimate of drug-likeness (QED) is 0.652. The predicted molar refractivity (Wildman–Crippen MR) is 81.3 cm³/mol. The summed E-state index contributed by atoms with van der Waals surface area (Å²) in [5.74, 6) is -1.03. The third-order valence-corrected chi connectivity index (χ3v) is 3.04. The van der Waals surface area contributed by atoms with Gasteiger partial charge in [0.25, 0.3) is 14.9 Å². The molecular formula is C10H6Cl3N5O2S. The van der Waals surface area contributed by atoms with E-state index in [0.29, 0.717) is 10.6 Å². The highest BCUT2D eigenvalue weighted by Crippen LogP contribution is 2.31. The highest BCUT2D eigenvalue weighted by atomic mass is 35.6. The van der Waals surface area contributed by atoms with Crippen molar-refractivity contribution in [2.24, 2.45) is 0 Å². The van der Waals surface area contributed by atoms with Crippen LogP contribution in [0.15, 0.2) is 30.6 Å². The van der Waals surface area contributed by atoms with Gasteiger partial charge in [0, 0.05) is 0 Å². The minimum absolute atomic E-state index is 0.197. The van der Waals surface area contributed by atoms with Gasteiger partial charge >= 0.3 is 0 Å². The van der Waals surface area contributed by atoms with E-state index in [1.165, 1.54) is 23.1 Å². The summed E-state index contributed by atoms with van der Waals surface area (Å²) in [5.41, 5.74) is 0.819. The number of aromatic nitrogens is 4. The van der Waals surface area contributed by atoms with Crippen LogP contribution in [-0.4, -0.2) is 35.1 Å². The molecule has 0 aliphatic rings. The Balaban J connectivity index is 2.34. The van der Waals surface area contributed by atoms with Crippen molar-refractivity contribution in [1.29, 1.82) is 0 Å². The molecule has 0 bridgehead atoms. The fourth-order valence-corrected chi connectivity index (χ4v) is 1.94. The highest BCUT2D eigenvalue weighted by molar-refractivity contribution is 7.97. The van der Waals surface area contributed by atoms with Gasteiger partial charge in [0.05, 0.1) is 11.4 Å². The second kappa shape index (κ2) is 6.18. The normalized spacial score (nSPS) is 11.2. The maximum Gasteiger partial charge on any atom is 0.289 e. The van der Waals surface area contributed by atoms with Gasteiger partial charge in [-0.3, -0.25) is 9.59 Å². The van der Waals surface area contributed by atoms with Crippen molar-refractivity contribution in [2.45, 2.75) is 3.79 Å². The van der Waals surface area contributed by atoms with Crippen molar-refractivity contribution < 1.29 is 9.59 Å². The van der Waals surface area contributed by atoms with Crippen molar-refractivity contribution >= 4 is 64.3 Å². The second-order valence-corrected chi connectivity index (χ2v) is 6.36. The first-order chi connectivity index (χ1) is 9.80. The lowest BCUT2D eigenvalue weighted by atomic mass is 10.2. The molecule has 110 valence electrons. The number of anilines is 1. The molecule has 0 N–H and O–H groups in total. The lowest BCUT2D eigenvalue weighted by Gasteiger charge is -2.22. The van der Waals surface area contributed by atoms with Crippen molar-refractivity contribution in [3.63, 3.8) is 0 Å². The molecule has 0 fully saturated rings. The van der Waals surface area contributed by atoms with Crippen molar-refractivity contribution in [2.75, 3.05) is 4.90 Å². The summed E-state index contributed by atoms with van der Waals surface area (Å²) >= 11 is 20.1. The zero-order chi connectivity index (χ0) is 15.6. The summed E-state index contributed by atoms with van der Waals surface area (Å²) in [7, 11) is 0. The molecule has 2 rings (SSSR count). The maximum atomic E-state index is 11.9. The Labute approximate surface area is 139 Å². The van der Waals surface area contributed by atoms with E-state index < -0.39 is 14.9 Å². The van der Waals surface area contributed by atoms with Gasteiger partial charge in [0.1, 0.15) is 6.33 Å². The fraction of sp³-hybridized carbons (Fsp3) is 0.100. The number of tetrazole rings is 1. The summed E-state index contributed by atoms with van der Waals surface area (Å²) in [5, 5.41) is 9.81. The van der Waals surface area contributed by atoms with E-state index in [2.05, 4.69) is 28.2 Å². The molecule has 0 atom stereocenters. The van der Waals surface area contributed by atoms with Crippen LogP contribution in [0.25, 0.3) is 5.69 Å². The molecule has 0 spiro atoms. The van der Waals surface area contributed by atoms with Gasteiger partial charge in [-0.2, -0.15) is 0 Å². The zero-order valence-corrected chi connectivity index (χ0v) is 13.2. The molecule has 0 aliphatic heterocycles. The Morgan fingerprint density at radius 1 is 1.19 bits per heavy atom. The third-order valence-electron chi connectivity index (χ3n) is 2.36. The number of carbonyl (C=O) groups is 2. The fourth-order valence-electron chi connectivity index (χ4n) is 1.48. The number of imide groups is 1. The van der Waals surface area contributed by atoms with Gasteiger partial charge in [-0.25, -0.2) is 9.58 Å². The van der Waals surface area contributed by atoms with Crippen molar-refractivity contribution in [1.82, 2.24) is 20.2 Å². The summed E-state index contributed by atoms with van der Waals surface area (Å²) in [4.78, 5) is 24.1. The van der Waals surface area contributed by atoms with Gasteiger partial charge in [-0.15, -0.1) is 5.10 Å². The molecule has 0 radical (unpaired) electrons. The molecule has 2 amide bonds. The molecule has 1 aromatic heterocycles. The SMILES string of the molecule is O=C(S)N(C(=O)C(Cl)(Cl)Cl)c1ccc(-n2cnnn2)cc1. The van der Waals surface area contributed by atoms with E-state index in [0.717, 1.165) is 0 Å². The zero-order valence-electron chi connectivity index (χ0n) is 10.0. The molecule has 7 nitrogen and oxygen atoms in total. The summed E-state index contributed by atoms with van der Waals surface area (Å²) < 4.78 is -0.875. The Hall–Kier alpha value is -1.35. The van der Waals surface area contributed by atoms with Crippen LogP contribution in [0, 0.1) is 0 Å². The largest absolute Gasteiger partial charge is 0.289 e. The van der Waals surface area contributed by atoms with Crippen LogP contribution >= 0.6 is 47.4 Å². The smallest absolute Gasteiger partial charge is 0.269 e. The lowest BCUT2D eigenvalue weighted by Crippen LogP contribution is -2.41. The van der Waals surface area contributed by atoms with Gasteiger partial charge in [0.2, 0.25) is 0 Å². The Bertz CT molecular complexity index is 656. The number of halogens is 3. The van der Waals surface area contributed by atoms with Crippen molar-refractivity contribution in [3.05, 3.63) is 30.6 Å². The number of thiol groups is 1. The number of alkyl halides is 3. The molecule has 11 heteroatoms. The standard InChI is InChI=1S/C10H6Cl3N5O2S/c11-10(12,13)8(19)18(9(20)21)7-3-1-6(2-4-7)17-5-14-15-16-17/h1-5H,(H,20,21). The minimum atomic E-state index is -2.27. The van der Waals surface area contributed by atoms with Crippen molar-refractivity contribution in [3.8, 4) is 5.69 Å². The Morgan fingerprint density at radius 2 is 1.81 bits per heavy atom. The molecule has 0 saturated carbocycles. The maximum absolute atomic E-state index is 11.9. The monoisotopic (exact) mass is 365 g/mol. The number of amides is 2. The Morgan fingerprint density at radius 3 is 2.24 bits per heavy atom. The molecule has 1 heterocycles. The van der Waals surface area contributed by atoms with Crippen LogP contribution in [0.1, 0.15) is 0 Å². The third kappa shape index (κ3) is 3.65. The molecular weight excluding hydrogens is 361 g/mol. The topological polar surface area (TPSA) is 81.0 Å². The van der Waals surface area contributed by atoms with Crippen LogP contribution in [-0.2, 0) is 4.79 Å². The molecule has 0 aliphatic carbocycles. The molecule has 21 heavy (non-hydrogen) atoms. The molecule has 2 aromatic rings. The number of hydrogen-bond acceptors (Lipinski definition) is 5. The van der Waals surface area contributed by atoms with E-state index in [1.807, 2.05) is 0 Å². The van der Waals surface area contributed by atoms with E-state index >= 15 is 0 Å².